The maximum Gasteiger partial charge on any atom is 1.00 e. The Kier molecular flexibility index (Phi) is 10.6. The molecule has 0 aliphatic carbocycles. The van der Waals surface area contributed by atoms with Gasteiger partial charge in [0.25, 0.3) is 0 Å². The van der Waals surface area contributed by atoms with E-state index in [1.165, 1.54) is 0 Å². The van der Waals surface area contributed by atoms with E-state index in [1.807, 2.05) is 6.92 Å². The standard InChI is InChI=1S/C9H17NO4S.Na/c1-3-5-6-8(7-15(12,13)14)10-9(11)4-2;/h4,8H,2-3,5-7H2,1H3,(H,10,11)(H,12,13,14);/q;+1/p-1. The van der Waals surface area contributed by atoms with Crippen LogP contribution in [0.3, 0.4) is 0 Å². The fraction of sp³-hybridized carbons (Fsp3) is 0.667. The predicted octanol–water partition coefficient (Wildman–Crippen LogP) is -2.60. The first kappa shape index (κ1) is 18.5. The van der Waals surface area contributed by atoms with E-state index in [9.17, 15) is 17.8 Å². The van der Waals surface area contributed by atoms with Crippen LogP contribution in [0.4, 0.5) is 0 Å². The number of carbonyl (C=O) groups is 1. The topological polar surface area (TPSA) is 86.3 Å². The summed E-state index contributed by atoms with van der Waals surface area (Å²) in [6.45, 7) is 5.19. The molecule has 0 aliphatic heterocycles. The third-order valence-electron chi connectivity index (χ3n) is 1.84. The summed E-state index contributed by atoms with van der Waals surface area (Å²) in [4.78, 5) is 10.9. The van der Waals surface area contributed by atoms with E-state index in [0.29, 0.717) is 6.42 Å². The van der Waals surface area contributed by atoms with Crippen molar-refractivity contribution in [3.05, 3.63) is 12.7 Å². The molecule has 0 aromatic rings. The second kappa shape index (κ2) is 9.18. The number of carbonyl (C=O) groups excluding carboxylic acids is 1. The summed E-state index contributed by atoms with van der Waals surface area (Å²) in [6.07, 6.45) is 3.17. The van der Waals surface area contributed by atoms with Gasteiger partial charge in [0.05, 0.1) is 15.9 Å². The van der Waals surface area contributed by atoms with E-state index < -0.39 is 27.8 Å². The van der Waals surface area contributed by atoms with E-state index in [4.69, 9.17) is 0 Å². The van der Waals surface area contributed by atoms with Crippen LogP contribution in [0.25, 0.3) is 0 Å². The SMILES string of the molecule is C=CC(=O)NC(CCCC)CS(=O)(=O)[O-].[Na+]. The van der Waals surface area contributed by atoms with Crippen LogP contribution in [0.1, 0.15) is 26.2 Å². The second-order valence-electron chi connectivity index (χ2n) is 3.28. The van der Waals surface area contributed by atoms with E-state index in [-0.39, 0.29) is 29.6 Å². The minimum absolute atomic E-state index is 0. The minimum Gasteiger partial charge on any atom is -0.748 e. The van der Waals surface area contributed by atoms with Gasteiger partial charge < -0.3 is 9.87 Å². The largest absolute Gasteiger partial charge is 1.00 e. The molecule has 1 unspecified atom stereocenters. The zero-order valence-electron chi connectivity index (χ0n) is 9.73. The van der Waals surface area contributed by atoms with Gasteiger partial charge in [-0.1, -0.05) is 26.3 Å². The van der Waals surface area contributed by atoms with Gasteiger partial charge in [-0.15, -0.1) is 0 Å². The first-order valence-corrected chi connectivity index (χ1v) is 6.33. The average molecular weight is 257 g/mol. The molecular formula is C9H16NNaO4S. The van der Waals surface area contributed by atoms with Crippen molar-refractivity contribution in [2.75, 3.05) is 5.75 Å². The van der Waals surface area contributed by atoms with Gasteiger partial charge >= 0.3 is 29.6 Å². The molecule has 16 heavy (non-hydrogen) atoms. The quantitative estimate of drug-likeness (QED) is 0.308. The van der Waals surface area contributed by atoms with Gasteiger partial charge in [-0.25, -0.2) is 8.42 Å². The van der Waals surface area contributed by atoms with E-state index in [1.54, 1.807) is 0 Å². The number of nitrogens with one attached hydrogen (secondary N) is 1. The summed E-state index contributed by atoms with van der Waals surface area (Å²) in [5, 5.41) is 2.42. The van der Waals surface area contributed by atoms with Crippen LogP contribution in [-0.2, 0) is 14.9 Å². The molecule has 5 nitrogen and oxygen atoms in total. The Morgan fingerprint density at radius 1 is 1.56 bits per heavy atom. The van der Waals surface area contributed by atoms with Gasteiger partial charge in [0.2, 0.25) is 5.91 Å². The van der Waals surface area contributed by atoms with Crippen molar-refractivity contribution in [2.24, 2.45) is 0 Å². The molecule has 0 rings (SSSR count). The molecule has 0 aromatic carbocycles. The summed E-state index contributed by atoms with van der Waals surface area (Å²) in [7, 11) is -4.31. The molecule has 1 N–H and O–H groups in total. The van der Waals surface area contributed by atoms with Crippen LogP contribution in [-0.4, -0.2) is 30.7 Å². The minimum atomic E-state index is -4.31. The van der Waals surface area contributed by atoms with Crippen LogP contribution < -0.4 is 34.9 Å². The molecule has 7 heteroatoms. The maximum atomic E-state index is 10.9. The van der Waals surface area contributed by atoms with Crippen molar-refractivity contribution in [3.63, 3.8) is 0 Å². The maximum absolute atomic E-state index is 10.9. The van der Waals surface area contributed by atoms with Crippen LogP contribution in [0.5, 0.6) is 0 Å². The zero-order chi connectivity index (χ0) is 11.9. The molecule has 0 spiro atoms. The Bertz CT molecular complexity index is 315. The normalized spacial score (nSPS) is 12.4. The van der Waals surface area contributed by atoms with Crippen LogP contribution >= 0.6 is 0 Å². The molecule has 1 amide bonds. The molecule has 88 valence electrons. The Morgan fingerprint density at radius 2 is 2.12 bits per heavy atom. The smallest absolute Gasteiger partial charge is 0.748 e. The Balaban J connectivity index is 0. The zero-order valence-corrected chi connectivity index (χ0v) is 12.5. The first-order valence-electron chi connectivity index (χ1n) is 4.75. The molecule has 0 saturated heterocycles. The van der Waals surface area contributed by atoms with Gasteiger partial charge in [-0.2, -0.15) is 0 Å². The van der Waals surface area contributed by atoms with Crippen molar-refractivity contribution in [1.29, 1.82) is 0 Å². The summed E-state index contributed by atoms with van der Waals surface area (Å²) in [5.74, 6) is -1.02. The van der Waals surface area contributed by atoms with Gasteiger partial charge in [0, 0.05) is 6.04 Å². The van der Waals surface area contributed by atoms with Crippen molar-refractivity contribution < 1.29 is 47.3 Å². The van der Waals surface area contributed by atoms with Crippen molar-refractivity contribution in [3.8, 4) is 0 Å². The summed E-state index contributed by atoms with van der Waals surface area (Å²) >= 11 is 0. The Labute approximate surface area is 119 Å². The van der Waals surface area contributed by atoms with Crippen LogP contribution in [0, 0.1) is 0 Å². The van der Waals surface area contributed by atoms with E-state index in [2.05, 4.69) is 11.9 Å². The molecule has 0 saturated carbocycles. The van der Waals surface area contributed by atoms with Crippen LogP contribution in [0.2, 0.25) is 0 Å². The molecule has 0 fully saturated rings. The Hall–Kier alpha value is 0.120. The fourth-order valence-corrected chi connectivity index (χ4v) is 1.90. The molecule has 1 atom stereocenters. The van der Waals surface area contributed by atoms with Crippen molar-refractivity contribution in [1.82, 2.24) is 5.32 Å². The van der Waals surface area contributed by atoms with Gasteiger partial charge in [-0.3, -0.25) is 4.79 Å². The molecule has 0 radical (unpaired) electrons. The van der Waals surface area contributed by atoms with Crippen LogP contribution in [0.15, 0.2) is 12.7 Å². The molecule has 0 aromatic heterocycles. The molecule has 0 heterocycles. The molecule has 0 aliphatic rings. The van der Waals surface area contributed by atoms with Gasteiger partial charge in [0.15, 0.2) is 0 Å². The fourth-order valence-electron chi connectivity index (χ4n) is 1.15. The van der Waals surface area contributed by atoms with Gasteiger partial charge in [0.1, 0.15) is 0 Å². The number of unbranched alkanes of at least 4 members (excludes halogenated alkanes) is 1. The number of amides is 1. The summed E-state index contributed by atoms with van der Waals surface area (Å²) in [6, 6.07) is -0.613. The Morgan fingerprint density at radius 3 is 2.50 bits per heavy atom. The average Bonchev–Trinajstić information content (AvgIpc) is 2.11. The summed E-state index contributed by atoms with van der Waals surface area (Å²) < 4.78 is 31.6. The van der Waals surface area contributed by atoms with Gasteiger partial charge in [-0.05, 0) is 12.5 Å². The number of hydrogen-bond donors (Lipinski definition) is 1. The van der Waals surface area contributed by atoms with E-state index in [0.717, 1.165) is 18.9 Å². The van der Waals surface area contributed by atoms with Crippen molar-refractivity contribution in [2.45, 2.75) is 32.2 Å². The number of rotatable bonds is 7. The molecule has 0 bridgehead atoms. The number of hydrogen-bond acceptors (Lipinski definition) is 4. The second-order valence-corrected chi connectivity index (χ2v) is 4.72. The third kappa shape index (κ3) is 10.6. The van der Waals surface area contributed by atoms with E-state index >= 15 is 0 Å². The summed E-state index contributed by atoms with van der Waals surface area (Å²) in [5.41, 5.74) is 0. The monoisotopic (exact) mass is 257 g/mol. The van der Waals surface area contributed by atoms with Crippen molar-refractivity contribution >= 4 is 16.0 Å². The predicted molar refractivity (Wildman–Crippen MR) is 56.2 cm³/mol. The molecular weight excluding hydrogens is 241 g/mol. The first-order chi connectivity index (χ1) is 6.89. The third-order valence-corrected chi connectivity index (χ3v) is 2.65.